The molecule has 1 N–H and O–H groups in total. The third-order valence-electron chi connectivity index (χ3n) is 4.12. The molecule has 0 fully saturated rings. The van der Waals surface area contributed by atoms with Crippen molar-refractivity contribution in [1.29, 1.82) is 0 Å². The molecule has 1 heterocycles. The van der Waals surface area contributed by atoms with E-state index in [4.69, 9.17) is 0 Å². The molecule has 1 aliphatic heterocycles. The lowest BCUT2D eigenvalue weighted by atomic mass is 9.99. The van der Waals surface area contributed by atoms with Gasteiger partial charge in [-0.05, 0) is 42.9 Å². The van der Waals surface area contributed by atoms with Crippen LogP contribution in [0, 0.1) is 5.92 Å². The summed E-state index contributed by atoms with van der Waals surface area (Å²) in [5.41, 5.74) is 4.35. The van der Waals surface area contributed by atoms with E-state index in [1.54, 1.807) is 0 Å². The van der Waals surface area contributed by atoms with Crippen molar-refractivity contribution in [2.45, 2.75) is 46.2 Å². The molecule has 1 atom stereocenters. The van der Waals surface area contributed by atoms with Gasteiger partial charge in [0.15, 0.2) is 0 Å². The summed E-state index contributed by atoms with van der Waals surface area (Å²) in [7, 11) is 2.19. The van der Waals surface area contributed by atoms with E-state index < -0.39 is 0 Å². The van der Waals surface area contributed by atoms with Gasteiger partial charge in [0, 0.05) is 31.9 Å². The lowest BCUT2D eigenvalue weighted by molar-refractivity contribution is 0.426. The monoisotopic (exact) mass is 246 g/mol. The van der Waals surface area contributed by atoms with E-state index in [0.717, 1.165) is 6.54 Å². The molecule has 0 saturated heterocycles. The molecular weight excluding hydrogens is 220 g/mol. The lowest BCUT2D eigenvalue weighted by Gasteiger charge is -2.28. The van der Waals surface area contributed by atoms with Gasteiger partial charge in [0.2, 0.25) is 0 Å². The predicted molar refractivity (Wildman–Crippen MR) is 79.2 cm³/mol. The maximum absolute atomic E-state index is 3.60. The Hall–Kier alpha value is -1.02. The standard InChI is InChI=1S/C16H26N2/c1-12(2)13(3)17-11-14-7-8-16-15(10-14)6-5-9-18(16)4/h7-8,10,12-13,17H,5-6,9,11H2,1-4H3. The molecule has 0 aromatic heterocycles. The topological polar surface area (TPSA) is 15.3 Å². The summed E-state index contributed by atoms with van der Waals surface area (Å²) in [6.07, 6.45) is 2.51. The van der Waals surface area contributed by atoms with Crippen LogP contribution >= 0.6 is 0 Å². The Kier molecular flexibility index (Phi) is 4.28. The molecule has 0 aliphatic carbocycles. The fourth-order valence-corrected chi connectivity index (χ4v) is 2.46. The Morgan fingerprint density at radius 1 is 1.28 bits per heavy atom. The summed E-state index contributed by atoms with van der Waals surface area (Å²) in [6, 6.07) is 7.50. The molecule has 1 unspecified atom stereocenters. The van der Waals surface area contributed by atoms with Gasteiger partial charge >= 0.3 is 0 Å². The van der Waals surface area contributed by atoms with Crippen molar-refractivity contribution >= 4 is 5.69 Å². The van der Waals surface area contributed by atoms with Crippen molar-refractivity contribution in [3.8, 4) is 0 Å². The lowest BCUT2D eigenvalue weighted by Crippen LogP contribution is -2.30. The zero-order valence-corrected chi connectivity index (χ0v) is 12.2. The molecule has 0 amide bonds. The van der Waals surface area contributed by atoms with Gasteiger partial charge in [-0.1, -0.05) is 26.0 Å². The number of rotatable bonds is 4. The highest BCUT2D eigenvalue weighted by Gasteiger charge is 2.14. The third kappa shape index (κ3) is 3.05. The van der Waals surface area contributed by atoms with Gasteiger partial charge in [-0.3, -0.25) is 0 Å². The van der Waals surface area contributed by atoms with E-state index in [9.17, 15) is 0 Å². The third-order valence-corrected chi connectivity index (χ3v) is 4.12. The summed E-state index contributed by atoms with van der Waals surface area (Å²) in [6.45, 7) is 8.96. The number of benzene rings is 1. The van der Waals surface area contributed by atoms with Gasteiger partial charge in [-0.2, -0.15) is 0 Å². The number of nitrogens with zero attached hydrogens (tertiary/aromatic N) is 1. The van der Waals surface area contributed by atoms with Crippen LogP contribution in [0.2, 0.25) is 0 Å². The molecule has 0 spiro atoms. The van der Waals surface area contributed by atoms with Gasteiger partial charge in [0.25, 0.3) is 0 Å². The van der Waals surface area contributed by atoms with Crippen LogP contribution in [-0.4, -0.2) is 19.6 Å². The molecule has 100 valence electrons. The predicted octanol–water partition coefficient (Wildman–Crippen LogP) is 3.20. The van der Waals surface area contributed by atoms with Crippen LogP contribution < -0.4 is 10.2 Å². The Morgan fingerprint density at radius 3 is 2.78 bits per heavy atom. The molecular formula is C16H26N2. The molecule has 2 rings (SSSR count). The van der Waals surface area contributed by atoms with Crippen molar-refractivity contribution in [1.82, 2.24) is 5.32 Å². The second-order valence-corrected chi connectivity index (χ2v) is 5.90. The highest BCUT2D eigenvalue weighted by Crippen LogP contribution is 2.26. The van der Waals surface area contributed by atoms with Crippen LogP contribution in [-0.2, 0) is 13.0 Å². The summed E-state index contributed by atoms with van der Waals surface area (Å²) >= 11 is 0. The molecule has 0 saturated carbocycles. The minimum Gasteiger partial charge on any atom is -0.374 e. The van der Waals surface area contributed by atoms with E-state index in [-0.39, 0.29) is 0 Å². The number of fused-ring (bicyclic) bond motifs is 1. The Bertz CT molecular complexity index is 398. The van der Waals surface area contributed by atoms with E-state index >= 15 is 0 Å². The van der Waals surface area contributed by atoms with Gasteiger partial charge in [0.1, 0.15) is 0 Å². The quantitative estimate of drug-likeness (QED) is 0.877. The first-order valence-electron chi connectivity index (χ1n) is 7.14. The average Bonchev–Trinajstić information content (AvgIpc) is 2.36. The van der Waals surface area contributed by atoms with Crippen LogP contribution in [0.3, 0.4) is 0 Å². The fourth-order valence-electron chi connectivity index (χ4n) is 2.46. The van der Waals surface area contributed by atoms with Crippen LogP contribution in [0.1, 0.15) is 38.3 Å². The Labute approximate surface area is 111 Å². The van der Waals surface area contributed by atoms with E-state index in [1.807, 2.05) is 0 Å². The van der Waals surface area contributed by atoms with E-state index in [0.29, 0.717) is 12.0 Å². The van der Waals surface area contributed by atoms with Gasteiger partial charge in [0.05, 0.1) is 0 Å². The highest BCUT2D eigenvalue weighted by atomic mass is 15.1. The smallest absolute Gasteiger partial charge is 0.0396 e. The van der Waals surface area contributed by atoms with Crippen molar-refractivity contribution < 1.29 is 0 Å². The molecule has 2 heteroatoms. The number of aryl methyl sites for hydroxylation is 1. The van der Waals surface area contributed by atoms with Crippen molar-refractivity contribution in [2.75, 3.05) is 18.5 Å². The van der Waals surface area contributed by atoms with Crippen LogP contribution in [0.5, 0.6) is 0 Å². The first-order chi connectivity index (χ1) is 8.58. The number of hydrogen-bond acceptors (Lipinski definition) is 2. The number of hydrogen-bond donors (Lipinski definition) is 1. The molecule has 1 aromatic rings. The van der Waals surface area contributed by atoms with Crippen molar-refractivity contribution in [2.24, 2.45) is 5.92 Å². The second-order valence-electron chi connectivity index (χ2n) is 5.90. The van der Waals surface area contributed by atoms with Gasteiger partial charge < -0.3 is 10.2 Å². The first-order valence-corrected chi connectivity index (χ1v) is 7.14. The summed E-state index contributed by atoms with van der Waals surface area (Å²) in [4.78, 5) is 2.37. The van der Waals surface area contributed by atoms with Crippen molar-refractivity contribution in [3.05, 3.63) is 29.3 Å². The van der Waals surface area contributed by atoms with Crippen LogP contribution in [0.4, 0.5) is 5.69 Å². The van der Waals surface area contributed by atoms with Crippen molar-refractivity contribution in [3.63, 3.8) is 0 Å². The fraction of sp³-hybridized carbons (Fsp3) is 0.625. The molecule has 0 bridgehead atoms. The molecule has 0 radical (unpaired) electrons. The SMILES string of the molecule is CC(C)C(C)NCc1ccc2c(c1)CCCN2C. The minimum atomic E-state index is 0.573. The van der Waals surface area contributed by atoms with Gasteiger partial charge in [-0.15, -0.1) is 0 Å². The number of nitrogens with one attached hydrogen (secondary N) is 1. The zero-order valence-electron chi connectivity index (χ0n) is 12.2. The normalized spacial score (nSPS) is 16.8. The Balaban J connectivity index is 2.03. The van der Waals surface area contributed by atoms with Crippen LogP contribution in [0.15, 0.2) is 18.2 Å². The van der Waals surface area contributed by atoms with E-state index in [1.165, 1.54) is 36.2 Å². The van der Waals surface area contributed by atoms with Gasteiger partial charge in [-0.25, -0.2) is 0 Å². The first kappa shape index (κ1) is 13.4. The van der Waals surface area contributed by atoms with Crippen LogP contribution in [0.25, 0.3) is 0 Å². The molecule has 18 heavy (non-hydrogen) atoms. The average molecular weight is 246 g/mol. The molecule has 1 aromatic carbocycles. The minimum absolute atomic E-state index is 0.573. The zero-order chi connectivity index (χ0) is 13.1. The summed E-state index contributed by atoms with van der Waals surface area (Å²) in [5.74, 6) is 0.689. The second kappa shape index (κ2) is 5.75. The Morgan fingerprint density at radius 2 is 2.06 bits per heavy atom. The van der Waals surface area contributed by atoms with E-state index in [2.05, 4.69) is 56.2 Å². The largest absolute Gasteiger partial charge is 0.374 e. The number of anilines is 1. The summed E-state index contributed by atoms with van der Waals surface area (Å²) in [5, 5.41) is 3.60. The maximum Gasteiger partial charge on any atom is 0.0396 e. The maximum atomic E-state index is 3.60. The molecule has 2 nitrogen and oxygen atoms in total. The highest BCUT2D eigenvalue weighted by molar-refractivity contribution is 5.56. The molecule has 1 aliphatic rings. The summed E-state index contributed by atoms with van der Waals surface area (Å²) < 4.78 is 0.